The second-order valence-corrected chi connectivity index (χ2v) is 4.65. The molecule has 1 heteroatoms. The molecule has 0 unspecified atom stereocenters. The fourth-order valence-electron chi connectivity index (χ4n) is 2.36. The molecule has 0 saturated heterocycles. The van der Waals surface area contributed by atoms with Crippen LogP contribution in [0.15, 0.2) is 78.9 Å². The molecule has 20 heavy (non-hydrogen) atoms. The maximum Gasteiger partial charge on any atom is 0.150 e. The van der Waals surface area contributed by atoms with Crippen LogP contribution < -0.4 is 0 Å². The zero-order chi connectivity index (χ0) is 13.8. The van der Waals surface area contributed by atoms with Crippen LogP contribution in [0.3, 0.4) is 0 Å². The largest absolute Gasteiger partial charge is 0.298 e. The summed E-state index contributed by atoms with van der Waals surface area (Å²) in [5, 5.41) is 0. The summed E-state index contributed by atoms with van der Waals surface area (Å²) in [4.78, 5) is 11.0. The lowest BCUT2D eigenvalue weighted by molar-refractivity contribution is 0.112. The van der Waals surface area contributed by atoms with Crippen molar-refractivity contribution in [2.24, 2.45) is 0 Å². The third-order valence-electron chi connectivity index (χ3n) is 3.35. The average molecular weight is 258 g/mol. The van der Waals surface area contributed by atoms with Gasteiger partial charge in [-0.25, -0.2) is 0 Å². The number of aldehydes is 1. The molecule has 3 rings (SSSR count). The second kappa shape index (κ2) is 5.54. The number of carbonyl (C=O) groups is 1. The summed E-state index contributed by atoms with van der Waals surface area (Å²) in [6.45, 7) is 0. The molecule has 3 aromatic carbocycles. The summed E-state index contributed by atoms with van der Waals surface area (Å²) < 4.78 is 0. The van der Waals surface area contributed by atoms with Gasteiger partial charge in [-0.1, -0.05) is 72.8 Å². The molecule has 0 aliphatic heterocycles. The summed E-state index contributed by atoms with van der Waals surface area (Å²) in [6, 6.07) is 26.2. The Morgan fingerprint density at radius 3 is 1.70 bits per heavy atom. The van der Waals surface area contributed by atoms with Gasteiger partial charge in [-0.2, -0.15) is 0 Å². The fraction of sp³-hybridized carbons (Fsp3) is 0. The van der Waals surface area contributed by atoms with Crippen LogP contribution in [0.4, 0.5) is 0 Å². The summed E-state index contributed by atoms with van der Waals surface area (Å²) >= 11 is 0. The molecule has 0 aliphatic rings. The Hall–Kier alpha value is -2.67. The van der Waals surface area contributed by atoms with Crippen molar-refractivity contribution in [3.63, 3.8) is 0 Å². The highest BCUT2D eigenvalue weighted by atomic mass is 16.1. The molecule has 1 nitrogen and oxygen atoms in total. The minimum atomic E-state index is 0.698. The molecule has 0 heterocycles. The van der Waals surface area contributed by atoms with Crippen LogP contribution in [0.1, 0.15) is 10.4 Å². The van der Waals surface area contributed by atoms with Crippen molar-refractivity contribution in [3.05, 3.63) is 84.4 Å². The van der Waals surface area contributed by atoms with Crippen LogP contribution in [0.2, 0.25) is 0 Å². The number of hydrogen-bond donors (Lipinski definition) is 0. The topological polar surface area (TPSA) is 17.1 Å². The lowest BCUT2D eigenvalue weighted by Gasteiger charge is -2.11. The zero-order valence-corrected chi connectivity index (χ0v) is 11.0. The maximum atomic E-state index is 11.0. The molecule has 0 N–H and O–H groups in total. The monoisotopic (exact) mass is 258 g/mol. The molecule has 96 valence electrons. The Kier molecular flexibility index (Phi) is 3.42. The van der Waals surface area contributed by atoms with Gasteiger partial charge in [-0.05, 0) is 28.3 Å². The number of rotatable bonds is 3. The molecule has 0 aromatic heterocycles. The van der Waals surface area contributed by atoms with Gasteiger partial charge in [-0.15, -0.1) is 0 Å². The molecule has 0 atom stereocenters. The van der Waals surface area contributed by atoms with Crippen LogP contribution in [0.5, 0.6) is 0 Å². The van der Waals surface area contributed by atoms with E-state index in [1.807, 2.05) is 54.6 Å². The molecular formula is C19H14O. The summed E-state index contributed by atoms with van der Waals surface area (Å²) in [6.07, 6.45) is 0.890. The zero-order valence-electron chi connectivity index (χ0n) is 11.0. The molecule has 0 bridgehead atoms. The van der Waals surface area contributed by atoms with Crippen molar-refractivity contribution < 1.29 is 4.79 Å². The van der Waals surface area contributed by atoms with Crippen molar-refractivity contribution in [2.75, 3.05) is 0 Å². The third kappa shape index (κ3) is 2.39. The predicted molar refractivity (Wildman–Crippen MR) is 82.7 cm³/mol. The second-order valence-electron chi connectivity index (χ2n) is 4.65. The molecule has 3 aromatic rings. The van der Waals surface area contributed by atoms with Gasteiger partial charge in [0.1, 0.15) is 6.29 Å². The van der Waals surface area contributed by atoms with Gasteiger partial charge in [0.2, 0.25) is 0 Å². The molecule has 0 spiro atoms. The minimum Gasteiger partial charge on any atom is -0.298 e. The molecule has 0 saturated carbocycles. The van der Waals surface area contributed by atoms with E-state index >= 15 is 0 Å². The van der Waals surface area contributed by atoms with E-state index in [0.717, 1.165) is 28.5 Å². The van der Waals surface area contributed by atoms with Crippen molar-refractivity contribution in [1.82, 2.24) is 0 Å². The molecule has 0 amide bonds. The standard InChI is InChI=1S/C19H14O/c20-14-15-11-12-18(16-7-3-1-4-8-16)19(13-15)17-9-5-2-6-10-17/h1-14H. The lowest BCUT2D eigenvalue weighted by atomic mass is 9.93. The van der Waals surface area contributed by atoms with Crippen molar-refractivity contribution in [1.29, 1.82) is 0 Å². The fourth-order valence-corrected chi connectivity index (χ4v) is 2.36. The smallest absolute Gasteiger partial charge is 0.150 e. The van der Waals surface area contributed by atoms with Gasteiger partial charge in [0.05, 0.1) is 0 Å². The van der Waals surface area contributed by atoms with Gasteiger partial charge in [0, 0.05) is 5.56 Å². The predicted octanol–water partition coefficient (Wildman–Crippen LogP) is 4.83. The van der Waals surface area contributed by atoms with Gasteiger partial charge < -0.3 is 0 Å². The highest BCUT2D eigenvalue weighted by molar-refractivity contribution is 5.88. The van der Waals surface area contributed by atoms with Crippen LogP contribution in [0, 0.1) is 0 Å². The summed E-state index contributed by atoms with van der Waals surface area (Å²) in [5.74, 6) is 0. The van der Waals surface area contributed by atoms with Gasteiger partial charge in [-0.3, -0.25) is 4.79 Å². The Morgan fingerprint density at radius 2 is 1.15 bits per heavy atom. The van der Waals surface area contributed by atoms with Gasteiger partial charge >= 0.3 is 0 Å². The van der Waals surface area contributed by atoms with E-state index < -0.39 is 0 Å². The third-order valence-corrected chi connectivity index (χ3v) is 3.35. The normalized spacial score (nSPS) is 10.2. The van der Waals surface area contributed by atoms with Crippen LogP contribution in [-0.4, -0.2) is 6.29 Å². The number of carbonyl (C=O) groups excluding carboxylic acids is 1. The van der Waals surface area contributed by atoms with Crippen LogP contribution >= 0.6 is 0 Å². The average Bonchev–Trinajstić information content (AvgIpc) is 2.56. The van der Waals surface area contributed by atoms with E-state index in [4.69, 9.17) is 0 Å². The van der Waals surface area contributed by atoms with E-state index in [9.17, 15) is 4.79 Å². The van der Waals surface area contributed by atoms with Crippen molar-refractivity contribution in [3.8, 4) is 22.3 Å². The van der Waals surface area contributed by atoms with E-state index in [2.05, 4.69) is 24.3 Å². The molecule has 0 fully saturated rings. The summed E-state index contributed by atoms with van der Waals surface area (Å²) in [7, 11) is 0. The van der Waals surface area contributed by atoms with E-state index in [1.54, 1.807) is 0 Å². The van der Waals surface area contributed by atoms with Gasteiger partial charge in [0.25, 0.3) is 0 Å². The van der Waals surface area contributed by atoms with Crippen LogP contribution in [0.25, 0.3) is 22.3 Å². The Morgan fingerprint density at radius 1 is 0.600 bits per heavy atom. The highest BCUT2D eigenvalue weighted by Crippen LogP contribution is 2.32. The molecule has 0 radical (unpaired) electrons. The van der Waals surface area contributed by atoms with E-state index in [-0.39, 0.29) is 0 Å². The SMILES string of the molecule is O=Cc1ccc(-c2ccccc2)c(-c2ccccc2)c1. The Bertz CT molecular complexity index is 715. The minimum absolute atomic E-state index is 0.698. The first-order valence-corrected chi connectivity index (χ1v) is 6.58. The first-order chi connectivity index (χ1) is 9.88. The first-order valence-electron chi connectivity index (χ1n) is 6.58. The van der Waals surface area contributed by atoms with Crippen molar-refractivity contribution in [2.45, 2.75) is 0 Å². The van der Waals surface area contributed by atoms with Gasteiger partial charge in [0.15, 0.2) is 0 Å². The van der Waals surface area contributed by atoms with E-state index in [1.165, 1.54) is 0 Å². The van der Waals surface area contributed by atoms with Crippen LogP contribution in [-0.2, 0) is 0 Å². The highest BCUT2D eigenvalue weighted by Gasteiger charge is 2.08. The Labute approximate surface area is 118 Å². The lowest BCUT2D eigenvalue weighted by Crippen LogP contribution is -1.88. The summed E-state index contributed by atoms with van der Waals surface area (Å²) in [5.41, 5.74) is 5.20. The first kappa shape index (κ1) is 12.4. The van der Waals surface area contributed by atoms with E-state index in [0.29, 0.717) is 5.56 Å². The number of benzene rings is 3. The maximum absolute atomic E-state index is 11.0. The Balaban J connectivity index is 2.23. The quantitative estimate of drug-likeness (QED) is 0.615. The van der Waals surface area contributed by atoms with Crippen molar-refractivity contribution >= 4 is 6.29 Å². The molecule has 0 aliphatic carbocycles. The number of hydrogen-bond acceptors (Lipinski definition) is 1. The molecular weight excluding hydrogens is 244 g/mol.